The van der Waals surface area contributed by atoms with Gasteiger partial charge in [0.05, 0.1) is 0 Å². The van der Waals surface area contributed by atoms with Crippen LogP contribution in [0.2, 0.25) is 0 Å². The largest absolute Gasteiger partial charge is 0.323 e. The van der Waals surface area contributed by atoms with E-state index in [9.17, 15) is 0 Å². The van der Waals surface area contributed by atoms with Gasteiger partial charge in [0.2, 0.25) is 0 Å². The average Bonchev–Trinajstić information content (AvgIpc) is 2.34. The molecule has 2 fully saturated rings. The average molecular weight is 166 g/mol. The van der Waals surface area contributed by atoms with Gasteiger partial charge in [-0.3, -0.25) is 0 Å². The van der Waals surface area contributed by atoms with Crippen LogP contribution in [-0.4, -0.2) is 5.71 Å². The Bertz CT molecular complexity index is 242. The van der Waals surface area contributed by atoms with E-state index in [4.69, 9.17) is 5.84 Å². The number of rotatable bonds is 0. The summed E-state index contributed by atoms with van der Waals surface area (Å²) >= 11 is 0. The van der Waals surface area contributed by atoms with Crippen molar-refractivity contribution in [1.82, 2.24) is 0 Å². The molecule has 0 aliphatic heterocycles. The zero-order valence-corrected chi connectivity index (χ0v) is 8.22. The van der Waals surface area contributed by atoms with E-state index in [-0.39, 0.29) is 0 Å². The van der Waals surface area contributed by atoms with Gasteiger partial charge in [0, 0.05) is 11.1 Å². The number of hydrogen-bond acceptors (Lipinski definition) is 2. The van der Waals surface area contributed by atoms with Crippen molar-refractivity contribution in [2.75, 3.05) is 0 Å². The summed E-state index contributed by atoms with van der Waals surface area (Å²) in [5, 5.41) is 3.95. The molecular weight excluding hydrogens is 148 g/mol. The first kappa shape index (κ1) is 8.09. The molecule has 12 heavy (non-hydrogen) atoms. The van der Waals surface area contributed by atoms with Gasteiger partial charge in [0.1, 0.15) is 0 Å². The summed E-state index contributed by atoms with van der Waals surface area (Å²) in [6, 6.07) is 0. The van der Waals surface area contributed by atoms with Crippen LogP contribution >= 0.6 is 0 Å². The Kier molecular flexibility index (Phi) is 1.37. The van der Waals surface area contributed by atoms with E-state index in [2.05, 4.69) is 25.9 Å². The second-order valence-corrected chi connectivity index (χ2v) is 5.07. The van der Waals surface area contributed by atoms with Gasteiger partial charge in [-0.1, -0.05) is 20.8 Å². The fraction of sp³-hybridized carbons (Fsp3) is 0.900. The molecule has 0 aromatic carbocycles. The number of nitrogens with zero attached hydrogens (tertiary/aromatic N) is 1. The molecule has 0 aromatic rings. The Labute approximate surface area is 74.2 Å². The summed E-state index contributed by atoms with van der Waals surface area (Å²) in [7, 11) is 0. The Balaban J connectivity index is 2.46. The van der Waals surface area contributed by atoms with Crippen molar-refractivity contribution >= 4 is 5.71 Å². The molecule has 2 aliphatic carbocycles. The highest BCUT2D eigenvalue weighted by molar-refractivity contribution is 5.94. The molecule has 2 saturated carbocycles. The molecule has 2 unspecified atom stereocenters. The smallest absolute Gasteiger partial charge is 0.0443 e. The zero-order valence-electron chi connectivity index (χ0n) is 8.22. The first-order valence-electron chi connectivity index (χ1n) is 4.79. The summed E-state index contributed by atoms with van der Waals surface area (Å²) < 4.78 is 0. The molecule has 2 aliphatic rings. The first-order valence-corrected chi connectivity index (χ1v) is 4.79. The number of hydrogen-bond donors (Lipinski definition) is 1. The molecule has 0 saturated heterocycles. The lowest BCUT2D eigenvalue weighted by atomic mass is 9.70. The van der Waals surface area contributed by atoms with Crippen LogP contribution in [0.25, 0.3) is 0 Å². The molecule has 2 bridgehead atoms. The van der Waals surface area contributed by atoms with E-state index in [1.807, 2.05) is 0 Å². The van der Waals surface area contributed by atoms with E-state index in [1.54, 1.807) is 0 Å². The van der Waals surface area contributed by atoms with Gasteiger partial charge in [-0.25, -0.2) is 0 Å². The third kappa shape index (κ3) is 0.644. The van der Waals surface area contributed by atoms with E-state index in [0.29, 0.717) is 10.8 Å². The van der Waals surface area contributed by atoms with Gasteiger partial charge >= 0.3 is 0 Å². The van der Waals surface area contributed by atoms with Crippen molar-refractivity contribution in [2.45, 2.75) is 40.0 Å². The molecule has 2 atom stereocenters. The van der Waals surface area contributed by atoms with Gasteiger partial charge < -0.3 is 5.84 Å². The number of hydrazone groups is 1. The Morgan fingerprint density at radius 1 is 1.42 bits per heavy atom. The maximum absolute atomic E-state index is 5.41. The fourth-order valence-electron chi connectivity index (χ4n) is 3.12. The van der Waals surface area contributed by atoms with Gasteiger partial charge in [-0.2, -0.15) is 5.10 Å². The fourth-order valence-corrected chi connectivity index (χ4v) is 3.12. The SMILES string of the molecule is CC12CCC(C/C1=N\N)C2(C)C. The molecule has 0 aromatic heterocycles. The highest BCUT2D eigenvalue weighted by Crippen LogP contribution is 2.63. The van der Waals surface area contributed by atoms with Crippen LogP contribution in [0.5, 0.6) is 0 Å². The second-order valence-electron chi connectivity index (χ2n) is 5.07. The van der Waals surface area contributed by atoms with Crippen LogP contribution in [0, 0.1) is 16.7 Å². The molecule has 0 amide bonds. The van der Waals surface area contributed by atoms with Crippen molar-refractivity contribution in [1.29, 1.82) is 0 Å². The van der Waals surface area contributed by atoms with Crippen LogP contribution in [-0.2, 0) is 0 Å². The standard InChI is InChI=1S/C10H18N2/c1-9(2)7-4-5-10(9,3)8(6-7)12-11/h7H,4-6,11H2,1-3H3/b12-8+. The molecule has 0 heterocycles. The van der Waals surface area contributed by atoms with E-state index in [0.717, 1.165) is 12.3 Å². The summed E-state index contributed by atoms with van der Waals surface area (Å²) in [6.45, 7) is 7.05. The molecule has 68 valence electrons. The second kappa shape index (κ2) is 2.04. The zero-order chi connectivity index (χ0) is 8.98. The molecule has 0 radical (unpaired) electrons. The van der Waals surface area contributed by atoms with E-state index in [1.165, 1.54) is 18.6 Å². The summed E-state index contributed by atoms with van der Waals surface area (Å²) in [6.07, 6.45) is 3.78. The van der Waals surface area contributed by atoms with Gasteiger partial charge in [0.25, 0.3) is 0 Å². The maximum Gasteiger partial charge on any atom is 0.0443 e. The lowest BCUT2D eigenvalue weighted by Crippen LogP contribution is -2.33. The van der Waals surface area contributed by atoms with Gasteiger partial charge in [0.15, 0.2) is 0 Å². The van der Waals surface area contributed by atoms with Crippen LogP contribution in [0.3, 0.4) is 0 Å². The Hall–Kier alpha value is -0.530. The molecule has 2 N–H and O–H groups in total. The van der Waals surface area contributed by atoms with Crippen LogP contribution in [0.4, 0.5) is 0 Å². The van der Waals surface area contributed by atoms with Crippen molar-refractivity contribution in [3.63, 3.8) is 0 Å². The summed E-state index contributed by atoms with van der Waals surface area (Å²) in [4.78, 5) is 0. The molecule has 2 rings (SSSR count). The minimum absolute atomic E-state index is 0.298. The van der Waals surface area contributed by atoms with Crippen molar-refractivity contribution in [2.24, 2.45) is 27.7 Å². The summed E-state index contributed by atoms with van der Waals surface area (Å²) in [5.41, 5.74) is 1.97. The van der Waals surface area contributed by atoms with E-state index < -0.39 is 0 Å². The Morgan fingerprint density at radius 3 is 2.33 bits per heavy atom. The molecule has 2 heteroatoms. The monoisotopic (exact) mass is 166 g/mol. The lowest BCUT2D eigenvalue weighted by Gasteiger charge is -2.34. The summed E-state index contributed by atoms with van der Waals surface area (Å²) in [5.74, 6) is 6.24. The van der Waals surface area contributed by atoms with Crippen molar-refractivity contribution in [3.8, 4) is 0 Å². The van der Waals surface area contributed by atoms with Crippen molar-refractivity contribution in [3.05, 3.63) is 0 Å². The van der Waals surface area contributed by atoms with Crippen molar-refractivity contribution < 1.29 is 0 Å². The topological polar surface area (TPSA) is 38.4 Å². The number of fused-ring (bicyclic) bond motifs is 2. The molecular formula is C10H18N2. The molecule has 0 spiro atoms. The normalized spacial score (nSPS) is 47.2. The van der Waals surface area contributed by atoms with Crippen LogP contribution in [0.1, 0.15) is 40.0 Å². The van der Waals surface area contributed by atoms with E-state index >= 15 is 0 Å². The lowest BCUT2D eigenvalue weighted by molar-refractivity contribution is 0.194. The van der Waals surface area contributed by atoms with Gasteiger partial charge in [-0.15, -0.1) is 0 Å². The maximum atomic E-state index is 5.41. The predicted molar refractivity (Wildman–Crippen MR) is 50.9 cm³/mol. The minimum Gasteiger partial charge on any atom is -0.323 e. The molecule has 2 nitrogen and oxygen atoms in total. The number of nitrogens with two attached hydrogens (primary N) is 1. The first-order chi connectivity index (χ1) is 5.52. The third-order valence-corrected chi connectivity index (χ3v) is 4.67. The Morgan fingerprint density at radius 2 is 2.08 bits per heavy atom. The third-order valence-electron chi connectivity index (χ3n) is 4.67. The van der Waals surface area contributed by atoms with Crippen LogP contribution < -0.4 is 5.84 Å². The van der Waals surface area contributed by atoms with Gasteiger partial charge in [-0.05, 0) is 30.6 Å². The minimum atomic E-state index is 0.298. The predicted octanol–water partition coefficient (Wildman–Crippen LogP) is 2.15. The quantitative estimate of drug-likeness (QED) is 0.434. The van der Waals surface area contributed by atoms with Crippen LogP contribution in [0.15, 0.2) is 5.10 Å². The highest BCUT2D eigenvalue weighted by atomic mass is 15.1. The highest BCUT2D eigenvalue weighted by Gasteiger charge is 2.59.